The van der Waals surface area contributed by atoms with Gasteiger partial charge in [-0.3, -0.25) is 4.79 Å². The largest absolute Gasteiger partial charge is 0.337 e. The van der Waals surface area contributed by atoms with Gasteiger partial charge in [-0.15, -0.1) is 0 Å². The molecule has 16 heavy (non-hydrogen) atoms. The van der Waals surface area contributed by atoms with Crippen LogP contribution in [0.3, 0.4) is 0 Å². The maximum atomic E-state index is 12.2. The summed E-state index contributed by atoms with van der Waals surface area (Å²) in [6.45, 7) is 8.15. The van der Waals surface area contributed by atoms with E-state index in [9.17, 15) is 4.79 Å². The molecule has 2 heterocycles. The van der Waals surface area contributed by atoms with Gasteiger partial charge in [-0.05, 0) is 42.8 Å². The lowest BCUT2D eigenvalue weighted by atomic mass is 9.92. The average molecular weight is 238 g/mol. The first kappa shape index (κ1) is 11.6. The predicted octanol–water partition coefficient (Wildman–Crippen LogP) is 2.57. The Morgan fingerprint density at radius 2 is 2.06 bits per heavy atom. The lowest BCUT2D eigenvalue weighted by Gasteiger charge is -2.34. The van der Waals surface area contributed by atoms with Crippen molar-refractivity contribution >= 4 is 17.4 Å². The summed E-state index contributed by atoms with van der Waals surface area (Å²) in [6.07, 6.45) is 1.22. The standard InChI is InChI=1S/C12H18N2OS/c1-8-4-9(2)7-14(6-8)12(15)11-5-10(3)16-13-11/h5,8-9H,4,6-7H2,1-3H3. The summed E-state index contributed by atoms with van der Waals surface area (Å²) in [6, 6.07) is 1.89. The summed E-state index contributed by atoms with van der Waals surface area (Å²) in [4.78, 5) is 15.2. The molecule has 0 saturated carbocycles. The molecule has 1 aliphatic heterocycles. The van der Waals surface area contributed by atoms with Crippen molar-refractivity contribution in [3.8, 4) is 0 Å². The zero-order valence-electron chi connectivity index (χ0n) is 10.1. The zero-order valence-corrected chi connectivity index (χ0v) is 10.9. The number of hydrogen-bond acceptors (Lipinski definition) is 3. The van der Waals surface area contributed by atoms with E-state index in [0.29, 0.717) is 17.5 Å². The van der Waals surface area contributed by atoms with E-state index in [-0.39, 0.29) is 5.91 Å². The van der Waals surface area contributed by atoms with Crippen molar-refractivity contribution in [3.05, 3.63) is 16.6 Å². The quantitative estimate of drug-likeness (QED) is 0.753. The number of hydrogen-bond donors (Lipinski definition) is 0. The monoisotopic (exact) mass is 238 g/mol. The zero-order chi connectivity index (χ0) is 11.7. The second kappa shape index (κ2) is 4.53. The van der Waals surface area contributed by atoms with Crippen molar-refractivity contribution in [2.75, 3.05) is 13.1 Å². The van der Waals surface area contributed by atoms with Crippen LogP contribution in [0.15, 0.2) is 6.07 Å². The molecule has 2 atom stereocenters. The SMILES string of the molecule is Cc1cc(C(=O)N2CC(C)CC(C)C2)ns1. The highest BCUT2D eigenvalue weighted by Crippen LogP contribution is 2.22. The van der Waals surface area contributed by atoms with Gasteiger partial charge >= 0.3 is 0 Å². The smallest absolute Gasteiger partial charge is 0.273 e. The van der Waals surface area contributed by atoms with Gasteiger partial charge in [0, 0.05) is 18.0 Å². The molecule has 0 radical (unpaired) electrons. The van der Waals surface area contributed by atoms with Crippen LogP contribution in [0.4, 0.5) is 0 Å². The van der Waals surface area contributed by atoms with Crippen molar-refractivity contribution in [3.63, 3.8) is 0 Å². The molecular formula is C12H18N2OS. The number of carbonyl (C=O) groups is 1. The first-order valence-corrected chi connectivity index (χ1v) is 6.56. The third-order valence-corrected chi connectivity index (χ3v) is 3.70. The Kier molecular flexibility index (Phi) is 3.28. The van der Waals surface area contributed by atoms with E-state index >= 15 is 0 Å². The molecule has 1 saturated heterocycles. The van der Waals surface area contributed by atoms with Gasteiger partial charge in [0.1, 0.15) is 5.69 Å². The van der Waals surface area contributed by atoms with Crippen LogP contribution >= 0.6 is 11.5 Å². The van der Waals surface area contributed by atoms with Gasteiger partial charge in [0.2, 0.25) is 0 Å². The molecule has 1 fully saturated rings. The lowest BCUT2D eigenvalue weighted by molar-refractivity contribution is 0.0618. The van der Waals surface area contributed by atoms with Gasteiger partial charge in [0.05, 0.1) is 0 Å². The Labute approximate surface area is 101 Å². The van der Waals surface area contributed by atoms with Crippen molar-refractivity contribution in [1.82, 2.24) is 9.27 Å². The summed E-state index contributed by atoms with van der Waals surface area (Å²) in [5.74, 6) is 1.31. The maximum absolute atomic E-state index is 12.2. The molecule has 2 unspecified atom stereocenters. The van der Waals surface area contributed by atoms with Gasteiger partial charge < -0.3 is 4.90 Å². The molecule has 1 aromatic rings. The van der Waals surface area contributed by atoms with E-state index in [4.69, 9.17) is 0 Å². The van der Waals surface area contributed by atoms with Crippen LogP contribution in [0.5, 0.6) is 0 Å². The van der Waals surface area contributed by atoms with Gasteiger partial charge in [-0.1, -0.05) is 13.8 Å². The number of aryl methyl sites for hydroxylation is 1. The number of nitrogens with zero attached hydrogens (tertiary/aromatic N) is 2. The topological polar surface area (TPSA) is 33.2 Å². The number of rotatable bonds is 1. The third-order valence-electron chi connectivity index (χ3n) is 3.00. The minimum atomic E-state index is 0.0998. The van der Waals surface area contributed by atoms with Crippen LogP contribution in [-0.2, 0) is 0 Å². The molecule has 0 aliphatic carbocycles. The Hall–Kier alpha value is -0.900. The molecule has 0 bridgehead atoms. The lowest BCUT2D eigenvalue weighted by Crippen LogP contribution is -2.42. The van der Waals surface area contributed by atoms with E-state index in [1.165, 1.54) is 18.0 Å². The summed E-state index contributed by atoms with van der Waals surface area (Å²) < 4.78 is 4.19. The van der Waals surface area contributed by atoms with E-state index in [0.717, 1.165) is 18.0 Å². The van der Waals surface area contributed by atoms with Crippen molar-refractivity contribution in [1.29, 1.82) is 0 Å². The van der Waals surface area contributed by atoms with Crippen LogP contribution in [0.1, 0.15) is 35.6 Å². The minimum Gasteiger partial charge on any atom is -0.337 e. The van der Waals surface area contributed by atoms with Crippen LogP contribution in [0.2, 0.25) is 0 Å². The third kappa shape index (κ3) is 2.43. The molecule has 0 aromatic carbocycles. The van der Waals surface area contributed by atoms with Crippen LogP contribution < -0.4 is 0 Å². The van der Waals surface area contributed by atoms with Crippen molar-refractivity contribution in [2.24, 2.45) is 11.8 Å². The number of carbonyl (C=O) groups excluding carboxylic acids is 1. The average Bonchev–Trinajstić information content (AvgIpc) is 2.62. The Bertz CT molecular complexity index is 378. The molecule has 88 valence electrons. The van der Waals surface area contributed by atoms with Crippen LogP contribution in [0.25, 0.3) is 0 Å². The molecule has 1 aliphatic rings. The minimum absolute atomic E-state index is 0.0998. The summed E-state index contributed by atoms with van der Waals surface area (Å²) in [7, 11) is 0. The molecule has 3 nitrogen and oxygen atoms in total. The second-order valence-electron chi connectivity index (χ2n) is 4.98. The number of aromatic nitrogens is 1. The van der Waals surface area contributed by atoms with Gasteiger partial charge in [-0.2, -0.15) is 4.37 Å². The van der Waals surface area contributed by atoms with Gasteiger partial charge in [0.15, 0.2) is 0 Å². The maximum Gasteiger partial charge on any atom is 0.273 e. The molecule has 1 amide bonds. The fourth-order valence-corrected chi connectivity index (χ4v) is 3.00. The molecule has 2 rings (SSSR count). The first-order chi connectivity index (χ1) is 7.56. The summed E-state index contributed by atoms with van der Waals surface area (Å²) in [5.41, 5.74) is 0.615. The van der Waals surface area contributed by atoms with Crippen LogP contribution in [-0.4, -0.2) is 28.3 Å². The van der Waals surface area contributed by atoms with Crippen molar-refractivity contribution < 1.29 is 4.79 Å². The summed E-state index contributed by atoms with van der Waals surface area (Å²) in [5, 5.41) is 0. The van der Waals surface area contributed by atoms with E-state index in [1.54, 1.807) is 0 Å². The fourth-order valence-electron chi connectivity index (χ4n) is 2.46. The van der Waals surface area contributed by atoms with E-state index in [1.807, 2.05) is 17.9 Å². The molecule has 0 N–H and O–H groups in total. The highest BCUT2D eigenvalue weighted by Gasteiger charge is 2.27. The van der Waals surface area contributed by atoms with Crippen LogP contribution in [0, 0.1) is 18.8 Å². The number of likely N-dealkylation sites (tertiary alicyclic amines) is 1. The normalized spacial score (nSPS) is 25.8. The van der Waals surface area contributed by atoms with Gasteiger partial charge in [0.25, 0.3) is 5.91 Å². The molecular weight excluding hydrogens is 220 g/mol. The number of amides is 1. The van der Waals surface area contributed by atoms with E-state index < -0.39 is 0 Å². The highest BCUT2D eigenvalue weighted by molar-refractivity contribution is 7.05. The number of piperidine rings is 1. The predicted molar refractivity (Wildman–Crippen MR) is 65.7 cm³/mol. The Balaban J connectivity index is 2.09. The fraction of sp³-hybridized carbons (Fsp3) is 0.667. The van der Waals surface area contributed by atoms with Gasteiger partial charge in [-0.25, -0.2) is 0 Å². The molecule has 4 heteroatoms. The Morgan fingerprint density at radius 1 is 1.44 bits per heavy atom. The second-order valence-corrected chi connectivity index (χ2v) is 5.99. The van der Waals surface area contributed by atoms with Crippen molar-refractivity contribution in [2.45, 2.75) is 27.2 Å². The summed E-state index contributed by atoms with van der Waals surface area (Å²) >= 11 is 1.40. The molecule has 0 spiro atoms. The first-order valence-electron chi connectivity index (χ1n) is 5.79. The Morgan fingerprint density at radius 3 is 2.56 bits per heavy atom. The molecule has 1 aromatic heterocycles. The van der Waals surface area contributed by atoms with E-state index in [2.05, 4.69) is 18.2 Å². The highest BCUT2D eigenvalue weighted by atomic mass is 32.1.